The number of hydrogen-bond donors (Lipinski definition) is 2. The van der Waals surface area contributed by atoms with Crippen LogP contribution in [-0.4, -0.2) is 41.7 Å². The first-order chi connectivity index (χ1) is 12.2. The van der Waals surface area contributed by atoms with Crippen LogP contribution in [-0.2, 0) is 6.54 Å². The summed E-state index contributed by atoms with van der Waals surface area (Å²) in [5.74, 6) is -0.386. The summed E-state index contributed by atoms with van der Waals surface area (Å²) >= 11 is 3.35. The number of aliphatic hydroxyl groups excluding tert-OH is 2. The van der Waals surface area contributed by atoms with E-state index < -0.39 is 12.5 Å². The molecule has 0 aliphatic heterocycles. The highest BCUT2D eigenvalue weighted by molar-refractivity contribution is 9.10. The monoisotopic (exact) mass is 433 g/mol. The van der Waals surface area contributed by atoms with Crippen molar-refractivity contribution in [3.8, 4) is 5.75 Å². The third kappa shape index (κ3) is 5.98. The van der Waals surface area contributed by atoms with Crippen LogP contribution in [0.25, 0.3) is 0 Å². The molecule has 2 aromatic carbocycles. The minimum absolute atomic E-state index is 0.00173. The maximum atomic E-state index is 12.4. The van der Waals surface area contributed by atoms with E-state index in [2.05, 4.69) is 20.7 Å². The highest BCUT2D eigenvalue weighted by Gasteiger charge is 2.31. The van der Waals surface area contributed by atoms with E-state index in [4.69, 9.17) is 5.11 Å². The van der Waals surface area contributed by atoms with Gasteiger partial charge in [-0.1, -0.05) is 34.1 Å². The van der Waals surface area contributed by atoms with Crippen LogP contribution in [0.4, 0.5) is 13.2 Å². The number of alkyl halides is 3. The zero-order valence-electron chi connectivity index (χ0n) is 14.0. The molecule has 2 rings (SSSR count). The third-order valence-electron chi connectivity index (χ3n) is 3.73. The first-order valence-electron chi connectivity index (χ1n) is 7.81. The van der Waals surface area contributed by atoms with Gasteiger partial charge >= 0.3 is 6.36 Å². The molecule has 0 aromatic heterocycles. The fourth-order valence-corrected chi connectivity index (χ4v) is 2.94. The van der Waals surface area contributed by atoms with Crippen molar-refractivity contribution >= 4 is 15.9 Å². The topological polar surface area (TPSA) is 52.9 Å². The molecule has 0 aliphatic carbocycles. The lowest BCUT2D eigenvalue weighted by Gasteiger charge is -2.21. The molecule has 26 heavy (non-hydrogen) atoms. The Morgan fingerprint density at radius 2 is 1.92 bits per heavy atom. The van der Waals surface area contributed by atoms with Crippen molar-refractivity contribution < 1.29 is 28.1 Å². The number of halogens is 4. The first-order valence-corrected chi connectivity index (χ1v) is 8.60. The molecule has 0 bridgehead atoms. The minimum atomic E-state index is -4.79. The van der Waals surface area contributed by atoms with E-state index >= 15 is 0 Å². The average molecular weight is 434 g/mol. The van der Waals surface area contributed by atoms with Crippen LogP contribution in [0.5, 0.6) is 5.75 Å². The zero-order chi connectivity index (χ0) is 19.3. The molecule has 0 saturated carbocycles. The molecule has 0 fully saturated rings. The van der Waals surface area contributed by atoms with Crippen LogP contribution in [0.3, 0.4) is 0 Å². The molecule has 1 unspecified atom stereocenters. The normalized spacial score (nSPS) is 13.1. The molecule has 0 heterocycles. The van der Waals surface area contributed by atoms with Crippen molar-refractivity contribution in [1.82, 2.24) is 4.90 Å². The number of nitrogens with zero attached hydrogens (tertiary/aromatic N) is 1. The van der Waals surface area contributed by atoms with E-state index in [1.807, 2.05) is 24.1 Å². The predicted molar refractivity (Wildman–Crippen MR) is 94.7 cm³/mol. The minimum Gasteiger partial charge on any atom is -0.406 e. The highest BCUT2D eigenvalue weighted by atomic mass is 79.9. The molecule has 8 heteroatoms. The predicted octanol–water partition coefficient (Wildman–Crippen LogP) is 3.85. The zero-order valence-corrected chi connectivity index (χ0v) is 15.6. The molecule has 0 spiro atoms. The van der Waals surface area contributed by atoms with Gasteiger partial charge in [-0.15, -0.1) is 13.2 Å². The molecule has 0 amide bonds. The Hall–Kier alpha value is -1.61. The lowest BCUT2D eigenvalue weighted by molar-refractivity contribution is -0.274. The number of hydrogen-bond acceptors (Lipinski definition) is 4. The molecule has 2 aromatic rings. The lowest BCUT2D eigenvalue weighted by Crippen LogP contribution is -2.22. The van der Waals surface area contributed by atoms with Gasteiger partial charge in [-0.05, 0) is 48.0 Å². The summed E-state index contributed by atoms with van der Waals surface area (Å²) in [5, 5.41) is 19.8. The van der Waals surface area contributed by atoms with Crippen molar-refractivity contribution in [3.05, 3.63) is 63.6 Å². The number of rotatable bonds is 7. The van der Waals surface area contributed by atoms with Crippen molar-refractivity contribution in [2.24, 2.45) is 0 Å². The Labute approximate surface area is 158 Å². The van der Waals surface area contributed by atoms with E-state index in [1.165, 1.54) is 24.3 Å². The Morgan fingerprint density at radius 1 is 1.19 bits per heavy atom. The van der Waals surface area contributed by atoms with Gasteiger partial charge in [0.1, 0.15) is 11.9 Å². The van der Waals surface area contributed by atoms with Crippen LogP contribution in [0.2, 0.25) is 0 Å². The number of likely N-dealkylation sites (N-methyl/N-ethyl adjacent to an activating group) is 1. The standard InChI is InChI=1S/C18H19BrF3NO3/c1-23(7-8-24)11-13-5-6-14(19)10-16(13)17(25)12-3-2-4-15(9-12)26-18(20,21)22/h2-6,9-10,17,24-25H,7-8,11H2,1H3. The SMILES string of the molecule is CN(CCO)Cc1ccc(Br)cc1C(O)c1cccc(OC(F)(F)F)c1. The summed E-state index contributed by atoms with van der Waals surface area (Å²) in [4.78, 5) is 1.88. The van der Waals surface area contributed by atoms with Crippen molar-refractivity contribution in [2.45, 2.75) is 19.0 Å². The molecule has 0 radical (unpaired) electrons. The van der Waals surface area contributed by atoms with Gasteiger partial charge in [-0.25, -0.2) is 0 Å². The van der Waals surface area contributed by atoms with Gasteiger partial charge in [-0.3, -0.25) is 4.90 Å². The summed E-state index contributed by atoms with van der Waals surface area (Å²) in [6.45, 7) is 0.932. The van der Waals surface area contributed by atoms with Gasteiger partial charge in [0.05, 0.1) is 6.61 Å². The largest absolute Gasteiger partial charge is 0.573 e. The van der Waals surface area contributed by atoms with Crippen LogP contribution in [0.1, 0.15) is 22.8 Å². The van der Waals surface area contributed by atoms with Crippen LogP contribution < -0.4 is 4.74 Å². The third-order valence-corrected chi connectivity index (χ3v) is 4.23. The lowest BCUT2D eigenvalue weighted by atomic mass is 9.96. The second-order valence-electron chi connectivity index (χ2n) is 5.83. The Kier molecular flexibility index (Phi) is 7.05. The summed E-state index contributed by atoms with van der Waals surface area (Å²) in [6, 6.07) is 10.7. The Morgan fingerprint density at radius 3 is 2.58 bits per heavy atom. The second-order valence-corrected chi connectivity index (χ2v) is 6.74. The fraction of sp³-hybridized carbons (Fsp3) is 0.333. The molecule has 1 atom stereocenters. The molecule has 4 nitrogen and oxygen atoms in total. The Bertz CT molecular complexity index is 740. The van der Waals surface area contributed by atoms with Gasteiger partial charge in [0.15, 0.2) is 0 Å². The number of ether oxygens (including phenoxy) is 1. The molecule has 0 aliphatic rings. The van der Waals surface area contributed by atoms with Gasteiger partial charge in [0, 0.05) is 17.6 Å². The molecular formula is C18H19BrF3NO3. The van der Waals surface area contributed by atoms with Crippen LogP contribution >= 0.6 is 15.9 Å². The van der Waals surface area contributed by atoms with E-state index in [1.54, 1.807) is 6.07 Å². The van der Waals surface area contributed by atoms with E-state index in [0.717, 1.165) is 10.0 Å². The van der Waals surface area contributed by atoms with Gasteiger partial charge in [0.2, 0.25) is 0 Å². The molecular weight excluding hydrogens is 415 g/mol. The van der Waals surface area contributed by atoms with Crippen molar-refractivity contribution in [1.29, 1.82) is 0 Å². The average Bonchev–Trinajstić information content (AvgIpc) is 2.55. The molecule has 0 saturated heterocycles. The van der Waals surface area contributed by atoms with Crippen molar-refractivity contribution in [2.75, 3.05) is 20.2 Å². The summed E-state index contributed by atoms with van der Waals surface area (Å²) in [6.07, 6.45) is -5.92. The first kappa shape index (κ1) is 20.7. The summed E-state index contributed by atoms with van der Waals surface area (Å²) in [5.41, 5.74) is 1.66. The smallest absolute Gasteiger partial charge is 0.406 e. The van der Waals surface area contributed by atoms with Crippen LogP contribution in [0.15, 0.2) is 46.9 Å². The molecule has 2 N–H and O–H groups in total. The maximum absolute atomic E-state index is 12.4. The quantitative estimate of drug-likeness (QED) is 0.696. The van der Waals surface area contributed by atoms with E-state index in [-0.39, 0.29) is 17.9 Å². The Balaban J connectivity index is 2.32. The highest BCUT2D eigenvalue weighted by Crippen LogP contribution is 2.31. The van der Waals surface area contributed by atoms with Gasteiger partial charge in [-0.2, -0.15) is 0 Å². The number of aliphatic hydroxyl groups is 2. The second kappa shape index (κ2) is 8.85. The summed E-state index contributed by atoms with van der Waals surface area (Å²) < 4.78 is 41.9. The number of benzene rings is 2. The van der Waals surface area contributed by atoms with Crippen LogP contribution in [0, 0.1) is 0 Å². The van der Waals surface area contributed by atoms with Gasteiger partial charge < -0.3 is 14.9 Å². The molecule has 142 valence electrons. The fourth-order valence-electron chi connectivity index (χ4n) is 2.57. The van der Waals surface area contributed by atoms with Crippen molar-refractivity contribution in [3.63, 3.8) is 0 Å². The van der Waals surface area contributed by atoms with E-state index in [9.17, 15) is 18.3 Å². The maximum Gasteiger partial charge on any atom is 0.573 e. The van der Waals surface area contributed by atoms with E-state index in [0.29, 0.717) is 18.7 Å². The van der Waals surface area contributed by atoms with Gasteiger partial charge in [0.25, 0.3) is 0 Å². The summed E-state index contributed by atoms with van der Waals surface area (Å²) in [7, 11) is 1.83.